The molecule has 106 valence electrons. The fraction of sp³-hybridized carbons (Fsp3) is 0.294. The van der Waals surface area contributed by atoms with Crippen LogP contribution in [-0.4, -0.2) is 16.6 Å². The van der Waals surface area contributed by atoms with E-state index in [1.807, 2.05) is 30.3 Å². The van der Waals surface area contributed by atoms with Gasteiger partial charge in [-0.1, -0.05) is 31.2 Å². The van der Waals surface area contributed by atoms with Gasteiger partial charge in [-0.25, -0.2) is 0 Å². The molecule has 0 unspecified atom stereocenters. The molecular formula is C17H22N2O. The van der Waals surface area contributed by atoms with Gasteiger partial charge in [-0.2, -0.15) is 0 Å². The zero-order chi connectivity index (χ0) is 14.4. The van der Waals surface area contributed by atoms with Crippen molar-refractivity contribution in [2.24, 2.45) is 0 Å². The van der Waals surface area contributed by atoms with Gasteiger partial charge in [0.1, 0.15) is 5.75 Å². The van der Waals surface area contributed by atoms with Crippen LogP contribution in [0.2, 0.25) is 0 Å². The highest BCUT2D eigenvalue weighted by Gasteiger charge is 2.06. The molecule has 0 aromatic heterocycles. The molecule has 3 heteroatoms. The maximum atomic E-state index is 9.54. The number of nitrogens with two attached hydrogens (primary N) is 1. The maximum absolute atomic E-state index is 9.54. The summed E-state index contributed by atoms with van der Waals surface area (Å²) in [6.45, 7) is 4.94. The smallest absolute Gasteiger partial charge is 0.115 e. The number of nitrogen functional groups attached to an aromatic ring is 1. The molecule has 0 amide bonds. The second-order valence-electron chi connectivity index (χ2n) is 5.12. The van der Waals surface area contributed by atoms with Crippen molar-refractivity contribution in [2.75, 3.05) is 12.3 Å². The molecular weight excluding hydrogens is 248 g/mol. The van der Waals surface area contributed by atoms with Crippen molar-refractivity contribution < 1.29 is 5.11 Å². The highest BCUT2D eigenvalue weighted by atomic mass is 16.3. The molecule has 3 N–H and O–H groups in total. The summed E-state index contributed by atoms with van der Waals surface area (Å²) >= 11 is 0. The predicted molar refractivity (Wildman–Crippen MR) is 83.4 cm³/mol. The average Bonchev–Trinajstić information content (AvgIpc) is 2.42. The number of benzene rings is 2. The molecule has 0 atom stereocenters. The Morgan fingerprint density at radius 2 is 1.70 bits per heavy atom. The van der Waals surface area contributed by atoms with Crippen molar-refractivity contribution in [1.82, 2.24) is 4.90 Å². The second-order valence-corrected chi connectivity index (χ2v) is 5.12. The third kappa shape index (κ3) is 4.28. The highest BCUT2D eigenvalue weighted by molar-refractivity contribution is 5.39. The predicted octanol–water partition coefficient (Wildman–Crippen LogP) is 3.39. The van der Waals surface area contributed by atoms with Crippen molar-refractivity contribution in [1.29, 1.82) is 0 Å². The van der Waals surface area contributed by atoms with E-state index in [1.54, 1.807) is 6.07 Å². The van der Waals surface area contributed by atoms with Crippen LogP contribution >= 0.6 is 0 Å². The zero-order valence-corrected chi connectivity index (χ0v) is 11.9. The molecule has 3 nitrogen and oxygen atoms in total. The first-order chi connectivity index (χ1) is 9.67. The molecule has 0 aliphatic heterocycles. The standard InChI is InChI=1S/C17H22N2O/c1-2-10-19(12-14-6-8-16(18)9-7-14)13-15-4-3-5-17(20)11-15/h3-9,11,20H,2,10,12-13,18H2,1H3. The molecule has 0 aliphatic carbocycles. The van der Waals surface area contributed by atoms with Gasteiger partial charge in [-0.05, 0) is 48.4 Å². The monoisotopic (exact) mass is 270 g/mol. The van der Waals surface area contributed by atoms with Crippen LogP contribution in [0.3, 0.4) is 0 Å². The summed E-state index contributed by atoms with van der Waals surface area (Å²) in [6, 6.07) is 15.5. The van der Waals surface area contributed by atoms with Gasteiger partial charge < -0.3 is 10.8 Å². The Morgan fingerprint density at radius 1 is 1.00 bits per heavy atom. The lowest BCUT2D eigenvalue weighted by atomic mass is 10.1. The van der Waals surface area contributed by atoms with E-state index in [2.05, 4.69) is 24.0 Å². The van der Waals surface area contributed by atoms with Crippen LogP contribution in [0.1, 0.15) is 24.5 Å². The summed E-state index contributed by atoms with van der Waals surface area (Å²) in [5, 5.41) is 9.54. The van der Waals surface area contributed by atoms with E-state index in [0.717, 1.165) is 37.3 Å². The minimum absolute atomic E-state index is 0.325. The van der Waals surface area contributed by atoms with Gasteiger partial charge in [0.2, 0.25) is 0 Å². The largest absolute Gasteiger partial charge is 0.508 e. The molecule has 0 saturated carbocycles. The lowest BCUT2D eigenvalue weighted by Crippen LogP contribution is -2.23. The molecule has 0 bridgehead atoms. The Kier molecular flexibility index (Phi) is 5.02. The van der Waals surface area contributed by atoms with Gasteiger partial charge in [0, 0.05) is 18.8 Å². The number of phenols is 1. The van der Waals surface area contributed by atoms with Crippen molar-refractivity contribution in [2.45, 2.75) is 26.4 Å². The number of phenolic OH excluding ortho intramolecular Hbond substituents is 1. The maximum Gasteiger partial charge on any atom is 0.115 e. The van der Waals surface area contributed by atoms with Gasteiger partial charge >= 0.3 is 0 Å². The summed E-state index contributed by atoms with van der Waals surface area (Å²) < 4.78 is 0. The van der Waals surface area contributed by atoms with Crippen LogP contribution in [0.25, 0.3) is 0 Å². The fourth-order valence-electron chi connectivity index (χ4n) is 2.32. The Bertz CT molecular complexity index is 537. The number of hydrogen-bond acceptors (Lipinski definition) is 3. The number of hydrogen-bond donors (Lipinski definition) is 2. The summed E-state index contributed by atoms with van der Waals surface area (Å²) in [5.41, 5.74) is 8.90. The number of rotatable bonds is 6. The average molecular weight is 270 g/mol. The Morgan fingerprint density at radius 3 is 2.35 bits per heavy atom. The quantitative estimate of drug-likeness (QED) is 0.791. The van der Waals surface area contributed by atoms with Gasteiger partial charge in [0.15, 0.2) is 0 Å². The van der Waals surface area contributed by atoms with E-state index in [0.29, 0.717) is 5.75 Å². The summed E-state index contributed by atoms with van der Waals surface area (Å²) in [5.74, 6) is 0.325. The minimum Gasteiger partial charge on any atom is -0.508 e. The lowest BCUT2D eigenvalue weighted by Gasteiger charge is -2.22. The van der Waals surface area contributed by atoms with Crippen LogP contribution in [0.4, 0.5) is 5.69 Å². The first kappa shape index (κ1) is 14.4. The normalized spacial score (nSPS) is 10.9. The number of anilines is 1. The molecule has 20 heavy (non-hydrogen) atoms. The van der Waals surface area contributed by atoms with Crippen LogP contribution in [0.5, 0.6) is 5.75 Å². The molecule has 0 radical (unpaired) electrons. The van der Waals surface area contributed by atoms with Gasteiger partial charge in [0.05, 0.1) is 0 Å². The van der Waals surface area contributed by atoms with Gasteiger partial charge in [-0.3, -0.25) is 4.90 Å². The Balaban J connectivity index is 2.05. The van der Waals surface area contributed by atoms with Crippen LogP contribution in [-0.2, 0) is 13.1 Å². The first-order valence-corrected chi connectivity index (χ1v) is 7.02. The van der Waals surface area contributed by atoms with Crippen molar-refractivity contribution >= 4 is 5.69 Å². The van der Waals surface area contributed by atoms with E-state index in [1.165, 1.54) is 5.56 Å². The van der Waals surface area contributed by atoms with E-state index >= 15 is 0 Å². The molecule has 2 aromatic rings. The third-order valence-corrected chi connectivity index (χ3v) is 3.24. The number of aromatic hydroxyl groups is 1. The third-order valence-electron chi connectivity index (χ3n) is 3.24. The van der Waals surface area contributed by atoms with E-state index in [9.17, 15) is 5.11 Å². The van der Waals surface area contributed by atoms with E-state index < -0.39 is 0 Å². The van der Waals surface area contributed by atoms with E-state index in [-0.39, 0.29) is 0 Å². The lowest BCUT2D eigenvalue weighted by molar-refractivity contribution is 0.257. The summed E-state index contributed by atoms with van der Waals surface area (Å²) in [4.78, 5) is 2.38. The van der Waals surface area contributed by atoms with Gasteiger partial charge in [0.25, 0.3) is 0 Å². The fourth-order valence-corrected chi connectivity index (χ4v) is 2.32. The van der Waals surface area contributed by atoms with Crippen LogP contribution in [0.15, 0.2) is 48.5 Å². The minimum atomic E-state index is 0.325. The Hall–Kier alpha value is -2.00. The van der Waals surface area contributed by atoms with Crippen molar-refractivity contribution in [3.63, 3.8) is 0 Å². The van der Waals surface area contributed by atoms with Crippen molar-refractivity contribution in [3.8, 4) is 5.75 Å². The number of nitrogens with zero attached hydrogens (tertiary/aromatic N) is 1. The van der Waals surface area contributed by atoms with Crippen LogP contribution in [0, 0.1) is 0 Å². The molecule has 0 fully saturated rings. The van der Waals surface area contributed by atoms with Crippen LogP contribution < -0.4 is 5.73 Å². The zero-order valence-electron chi connectivity index (χ0n) is 11.9. The second kappa shape index (κ2) is 6.96. The van der Waals surface area contributed by atoms with E-state index in [4.69, 9.17) is 5.73 Å². The molecule has 2 aromatic carbocycles. The highest BCUT2D eigenvalue weighted by Crippen LogP contribution is 2.15. The topological polar surface area (TPSA) is 49.5 Å². The molecule has 0 saturated heterocycles. The molecule has 0 spiro atoms. The summed E-state index contributed by atoms with van der Waals surface area (Å²) in [7, 11) is 0. The molecule has 0 aliphatic rings. The molecule has 0 heterocycles. The van der Waals surface area contributed by atoms with Crippen molar-refractivity contribution in [3.05, 3.63) is 59.7 Å². The molecule has 2 rings (SSSR count). The first-order valence-electron chi connectivity index (χ1n) is 7.02. The Labute approximate surface area is 120 Å². The SMILES string of the molecule is CCCN(Cc1ccc(N)cc1)Cc1cccc(O)c1. The summed E-state index contributed by atoms with van der Waals surface area (Å²) in [6.07, 6.45) is 1.10. The van der Waals surface area contributed by atoms with Gasteiger partial charge in [-0.15, -0.1) is 0 Å².